The zero-order valence-corrected chi connectivity index (χ0v) is 17.7. The van der Waals surface area contributed by atoms with Crippen LogP contribution < -0.4 is 4.72 Å². The first-order valence-corrected chi connectivity index (χ1v) is 11.0. The molecular formula is C24H17N3O4S. The van der Waals surface area contributed by atoms with E-state index in [1.165, 1.54) is 18.3 Å². The third-order valence-electron chi connectivity index (χ3n) is 4.61. The van der Waals surface area contributed by atoms with E-state index in [-0.39, 0.29) is 10.6 Å². The molecule has 158 valence electrons. The number of aryl methyl sites for hydroxylation is 1. The number of nitrogens with zero attached hydrogens (tertiary/aromatic N) is 2. The lowest BCUT2D eigenvalue weighted by Crippen LogP contribution is -2.14. The Hall–Kier alpha value is -4.22. The second-order valence-electron chi connectivity index (χ2n) is 6.92. The normalized spacial score (nSPS) is 10.9. The molecule has 0 aliphatic rings. The Labute approximate surface area is 184 Å². The number of rotatable bonds is 4. The van der Waals surface area contributed by atoms with Crippen LogP contribution in [0.25, 0.3) is 10.9 Å². The van der Waals surface area contributed by atoms with Gasteiger partial charge in [-0.25, -0.2) is 18.2 Å². The summed E-state index contributed by atoms with van der Waals surface area (Å²) in [5.41, 5.74) is 2.31. The Morgan fingerprint density at radius 3 is 2.53 bits per heavy atom. The Morgan fingerprint density at radius 1 is 0.969 bits per heavy atom. The average molecular weight is 443 g/mol. The van der Waals surface area contributed by atoms with Crippen molar-refractivity contribution >= 4 is 32.6 Å². The Kier molecular flexibility index (Phi) is 5.58. The van der Waals surface area contributed by atoms with Crippen LogP contribution in [0, 0.1) is 18.8 Å². The zero-order valence-electron chi connectivity index (χ0n) is 16.9. The lowest BCUT2D eigenvalue weighted by atomic mass is 10.1. The summed E-state index contributed by atoms with van der Waals surface area (Å²) in [5, 5.41) is 9.66. The molecule has 0 fully saturated rings. The Balaban J connectivity index is 1.68. The van der Waals surface area contributed by atoms with Crippen molar-refractivity contribution < 1.29 is 18.3 Å². The number of hydrogen-bond acceptors (Lipinski definition) is 5. The molecular weight excluding hydrogens is 426 g/mol. The number of pyridine rings is 2. The van der Waals surface area contributed by atoms with Gasteiger partial charge in [-0.15, -0.1) is 0 Å². The van der Waals surface area contributed by atoms with Crippen LogP contribution >= 0.6 is 0 Å². The molecule has 2 aromatic carbocycles. The Bertz CT molecular complexity index is 1500. The number of aromatic nitrogens is 2. The summed E-state index contributed by atoms with van der Waals surface area (Å²) in [4.78, 5) is 19.2. The molecule has 4 rings (SSSR count). The van der Waals surface area contributed by atoms with Crippen molar-refractivity contribution in [1.82, 2.24) is 9.97 Å². The van der Waals surface area contributed by atoms with E-state index in [9.17, 15) is 13.2 Å². The quantitative estimate of drug-likeness (QED) is 0.464. The van der Waals surface area contributed by atoms with Crippen LogP contribution in [-0.2, 0) is 10.0 Å². The van der Waals surface area contributed by atoms with Crippen molar-refractivity contribution in [2.45, 2.75) is 11.8 Å². The van der Waals surface area contributed by atoms with Gasteiger partial charge in [0, 0.05) is 28.4 Å². The fourth-order valence-electron chi connectivity index (χ4n) is 3.05. The molecule has 0 radical (unpaired) electrons. The summed E-state index contributed by atoms with van der Waals surface area (Å²) < 4.78 is 29.0. The predicted molar refractivity (Wildman–Crippen MR) is 121 cm³/mol. The molecule has 2 aromatic heterocycles. The van der Waals surface area contributed by atoms with Crippen LogP contribution in [0.2, 0.25) is 0 Å². The third-order valence-corrected chi connectivity index (χ3v) is 6.00. The van der Waals surface area contributed by atoms with Gasteiger partial charge in [-0.3, -0.25) is 9.71 Å². The molecule has 0 aliphatic carbocycles. The minimum absolute atomic E-state index is 0.0786. The van der Waals surface area contributed by atoms with Gasteiger partial charge in [0.1, 0.15) is 10.6 Å². The van der Waals surface area contributed by atoms with Crippen LogP contribution in [-0.4, -0.2) is 29.5 Å². The van der Waals surface area contributed by atoms with E-state index in [2.05, 4.69) is 26.5 Å². The predicted octanol–water partition coefficient (Wildman–Crippen LogP) is 3.84. The number of nitrogens with one attached hydrogen (secondary N) is 1. The van der Waals surface area contributed by atoms with Gasteiger partial charge < -0.3 is 5.11 Å². The van der Waals surface area contributed by atoms with Gasteiger partial charge in [-0.2, -0.15) is 0 Å². The molecule has 0 atom stereocenters. The largest absolute Gasteiger partial charge is 0.477 e. The maximum Gasteiger partial charge on any atom is 0.354 e. The van der Waals surface area contributed by atoms with Crippen LogP contribution in [0.4, 0.5) is 5.69 Å². The van der Waals surface area contributed by atoms with Crippen molar-refractivity contribution in [2.75, 3.05) is 4.72 Å². The third kappa shape index (κ3) is 4.43. The van der Waals surface area contributed by atoms with Gasteiger partial charge in [0.05, 0.1) is 11.2 Å². The minimum Gasteiger partial charge on any atom is -0.477 e. The van der Waals surface area contributed by atoms with E-state index < -0.39 is 16.0 Å². The number of carboxylic acid groups (broad SMARTS) is 1. The SMILES string of the molecule is Cc1ccc2cccc(S(=O)(=O)Nc3ccccc3C#Cc3ccc(C(=O)O)nc3)c2n1. The molecule has 0 amide bonds. The number of sulfonamides is 1. The number of carbonyl (C=O) groups is 1. The second kappa shape index (κ2) is 8.49. The summed E-state index contributed by atoms with van der Waals surface area (Å²) in [6.07, 6.45) is 1.35. The lowest BCUT2D eigenvalue weighted by molar-refractivity contribution is 0.0690. The van der Waals surface area contributed by atoms with Gasteiger partial charge in [-0.05, 0) is 43.3 Å². The monoisotopic (exact) mass is 443 g/mol. The lowest BCUT2D eigenvalue weighted by Gasteiger charge is -2.12. The molecule has 2 N–H and O–H groups in total. The number of fused-ring (bicyclic) bond motifs is 1. The Morgan fingerprint density at radius 2 is 1.78 bits per heavy atom. The number of benzene rings is 2. The highest BCUT2D eigenvalue weighted by molar-refractivity contribution is 7.93. The van der Waals surface area contributed by atoms with Crippen molar-refractivity contribution in [1.29, 1.82) is 0 Å². The topological polar surface area (TPSA) is 109 Å². The molecule has 32 heavy (non-hydrogen) atoms. The summed E-state index contributed by atoms with van der Waals surface area (Å²) in [7, 11) is -3.94. The highest BCUT2D eigenvalue weighted by Gasteiger charge is 2.19. The maximum atomic E-state index is 13.2. The number of aromatic carboxylic acids is 1. The van der Waals surface area contributed by atoms with Gasteiger partial charge in [0.25, 0.3) is 10.0 Å². The standard InChI is InChI=1S/C24H17N3O4S/c1-16-9-12-19-6-4-8-22(23(19)26-16)32(30,31)27-20-7-3-2-5-18(20)13-10-17-11-14-21(24(28)29)25-15-17/h2-9,11-12,14-15,27H,1H3,(H,28,29). The summed E-state index contributed by atoms with van der Waals surface area (Å²) >= 11 is 0. The molecule has 0 saturated heterocycles. The first kappa shape index (κ1) is 21.0. The molecule has 7 nitrogen and oxygen atoms in total. The second-order valence-corrected chi connectivity index (χ2v) is 8.57. The molecule has 8 heteroatoms. The molecule has 0 spiro atoms. The van der Waals surface area contributed by atoms with Gasteiger partial charge in [0.2, 0.25) is 0 Å². The van der Waals surface area contributed by atoms with Gasteiger partial charge in [0.15, 0.2) is 0 Å². The van der Waals surface area contributed by atoms with E-state index >= 15 is 0 Å². The van der Waals surface area contributed by atoms with E-state index in [0.29, 0.717) is 28.0 Å². The number of carboxylic acids is 1. The van der Waals surface area contributed by atoms with Gasteiger partial charge >= 0.3 is 5.97 Å². The smallest absolute Gasteiger partial charge is 0.354 e. The van der Waals surface area contributed by atoms with E-state index in [4.69, 9.17) is 5.11 Å². The first-order chi connectivity index (χ1) is 15.3. The molecule has 4 aromatic rings. The highest BCUT2D eigenvalue weighted by Crippen LogP contribution is 2.25. The summed E-state index contributed by atoms with van der Waals surface area (Å²) in [5.74, 6) is 4.67. The molecule has 2 heterocycles. The number of anilines is 1. The van der Waals surface area contributed by atoms with Crippen LogP contribution in [0.1, 0.15) is 27.3 Å². The van der Waals surface area contributed by atoms with Crippen molar-refractivity contribution in [2.24, 2.45) is 0 Å². The average Bonchev–Trinajstić information content (AvgIpc) is 2.78. The van der Waals surface area contributed by atoms with Crippen LogP contribution in [0.3, 0.4) is 0 Å². The van der Waals surface area contributed by atoms with Crippen molar-refractivity contribution in [3.63, 3.8) is 0 Å². The van der Waals surface area contributed by atoms with Crippen LogP contribution in [0.15, 0.2) is 77.8 Å². The molecule has 0 aliphatic heterocycles. The van der Waals surface area contributed by atoms with Crippen LogP contribution in [0.5, 0.6) is 0 Å². The maximum absolute atomic E-state index is 13.2. The van der Waals surface area contributed by atoms with Crippen molar-refractivity contribution in [3.8, 4) is 11.8 Å². The number of hydrogen-bond donors (Lipinski definition) is 2. The molecule has 0 saturated carbocycles. The summed E-state index contributed by atoms with van der Waals surface area (Å²) in [6.45, 7) is 1.80. The van der Waals surface area contributed by atoms with Crippen molar-refractivity contribution in [3.05, 3.63) is 95.4 Å². The molecule has 0 unspecified atom stereocenters. The highest BCUT2D eigenvalue weighted by atomic mass is 32.2. The first-order valence-electron chi connectivity index (χ1n) is 9.53. The fraction of sp³-hybridized carbons (Fsp3) is 0.0417. The van der Waals surface area contributed by atoms with E-state index in [1.807, 2.05) is 18.2 Å². The van der Waals surface area contributed by atoms with E-state index in [1.54, 1.807) is 43.3 Å². The molecule has 0 bridgehead atoms. The van der Waals surface area contributed by atoms with E-state index in [0.717, 1.165) is 5.39 Å². The summed E-state index contributed by atoms with van der Waals surface area (Å²) in [6, 6.07) is 18.3. The minimum atomic E-state index is -3.94. The van der Waals surface area contributed by atoms with Gasteiger partial charge in [-0.1, -0.05) is 42.2 Å². The number of para-hydroxylation sites is 2. The fourth-order valence-corrected chi connectivity index (χ4v) is 4.30. The zero-order chi connectivity index (χ0) is 22.7.